The minimum atomic E-state index is -3.92. The molecule has 1 N–H and O–H groups in total. The maximum Gasteiger partial charge on any atom is 0.265 e. The molecular weight excluding hydrogens is 364 g/mol. The summed E-state index contributed by atoms with van der Waals surface area (Å²) in [6.07, 6.45) is 1.45. The number of aromatic nitrogens is 1. The van der Waals surface area contributed by atoms with E-state index in [-0.39, 0.29) is 17.1 Å². The highest BCUT2D eigenvalue weighted by molar-refractivity contribution is 7.90. The third kappa shape index (κ3) is 5.22. The lowest BCUT2D eigenvalue weighted by molar-refractivity contribution is 0.0977. The van der Waals surface area contributed by atoms with E-state index in [0.29, 0.717) is 12.3 Å². The monoisotopic (exact) mass is 382 g/mol. The van der Waals surface area contributed by atoms with Crippen LogP contribution in [0.15, 0.2) is 83.9 Å². The molecule has 0 fully saturated rings. The molecule has 0 spiro atoms. The molecule has 3 rings (SSSR count). The highest BCUT2D eigenvalue weighted by atomic mass is 32.2. The molecule has 0 aliphatic carbocycles. The van der Waals surface area contributed by atoms with Crippen LogP contribution < -0.4 is 4.72 Å². The lowest BCUT2D eigenvalue weighted by Gasteiger charge is -2.08. The van der Waals surface area contributed by atoms with Gasteiger partial charge in [-0.1, -0.05) is 48.5 Å². The maximum absolute atomic E-state index is 12.3. The van der Waals surface area contributed by atoms with Crippen molar-refractivity contribution in [3.63, 3.8) is 0 Å². The summed E-state index contributed by atoms with van der Waals surface area (Å²) in [5.41, 5.74) is 1.76. The molecule has 6 nitrogen and oxygen atoms in total. The van der Waals surface area contributed by atoms with Crippen LogP contribution in [0.1, 0.15) is 21.6 Å². The Hall–Kier alpha value is -3.03. The summed E-state index contributed by atoms with van der Waals surface area (Å²) in [4.78, 5) is 16.5. The second-order valence-electron chi connectivity index (χ2n) is 5.76. The van der Waals surface area contributed by atoms with Crippen molar-refractivity contribution in [3.05, 3.63) is 95.8 Å². The molecule has 0 saturated heterocycles. The lowest BCUT2D eigenvalue weighted by Crippen LogP contribution is -2.30. The van der Waals surface area contributed by atoms with Crippen molar-refractivity contribution in [1.82, 2.24) is 9.71 Å². The summed E-state index contributed by atoms with van der Waals surface area (Å²) in [5, 5.41) is 0. The first-order chi connectivity index (χ1) is 13.0. The number of hydrogen-bond acceptors (Lipinski definition) is 5. The number of rotatable bonds is 7. The second-order valence-corrected chi connectivity index (χ2v) is 7.44. The molecule has 1 amide bonds. The first kappa shape index (κ1) is 18.8. The van der Waals surface area contributed by atoms with Gasteiger partial charge in [0, 0.05) is 11.8 Å². The van der Waals surface area contributed by atoms with Crippen LogP contribution in [0.4, 0.5) is 0 Å². The number of benzene rings is 2. The van der Waals surface area contributed by atoms with E-state index in [0.717, 1.165) is 5.56 Å². The van der Waals surface area contributed by atoms with Crippen LogP contribution in [0, 0.1) is 0 Å². The number of carbonyl (C=O) groups is 1. The van der Waals surface area contributed by atoms with Gasteiger partial charge in [0.15, 0.2) is 0 Å². The number of pyridine rings is 1. The Morgan fingerprint density at radius 3 is 2.30 bits per heavy atom. The van der Waals surface area contributed by atoms with Crippen LogP contribution in [0.2, 0.25) is 0 Å². The van der Waals surface area contributed by atoms with Gasteiger partial charge in [0.2, 0.25) is 0 Å². The standard InChI is InChI=1S/C20H18N2O4S/c23-20(22-27(24,25)19-9-5-2-6-10-19)17-11-12-21-18(13-17)15-26-14-16-7-3-1-4-8-16/h1-13H,14-15H2,(H,22,23). The van der Waals surface area contributed by atoms with Crippen molar-refractivity contribution in [3.8, 4) is 0 Å². The van der Waals surface area contributed by atoms with E-state index < -0.39 is 15.9 Å². The Morgan fingerprint density at radius 2 is 1.59 bits per heavy atom. The molecule has 0 unspecified atom stereocenters. The SMILES string of the molecule is O=C(NS(=O)(=O)c1ccccc1)c1ccnc(COCc2ccccc2)c1. The van der Waals surface area contributed by atoms with E-state index in [1.54, 1.807) is 18.2 Å². The Labute approximate surface area is 157 Å². The molecule has 138 valence electrons. The van der Waals surface area contributed by atoms with E-state index in [4.69, 9.17) is 4.74 Å². The Bertz CT molecular complexity index is 1010. The number of amides is 1. The molecule has 27 heavy (non-hydrogen) atoms. The zero-order valence-corrected chi connectivity index (χ0v) is 15.2. The Balaban J connectivity index is 1.63. The third-order valence-corrected chi connectivity index (χ3v) is 5.07. The van der Waals surface area contributed by atoms with Gasteiger partial charge in [-0.15, -0.1) is 0 Å². The van der Waals surface area contributed by atoms with E-state index in [1.165, 1.54) is 30.5 Å². The van der Waals surface area contributed by atoms with Crippen molar-refractivity contribution in [2.45, 2.75) is 18.1 Å². The molecule has 0 atom stereocenters. The molecule has 1 aromatic heterocycles. The van der Waals surface area contributed by atoms with Gasteiger partial charge in [0.25, 0.3) is 15.9 Å². The minimum absolute atomic E-state index is 0.0267. The Kier molecular flexibility index (Phi) is 5.95. The molecule has 0 radical (unpaired) electrons. The van der Waals surface area contributed by atoms with Gasteiger partial charge in [-0.05, 0) is 29.8 Å². The fourth-order valence-electron chi connectivity index (χ4n) is 2.39. The highest BCUT2D eigenvalue weighted by Crippen LogP contribution is 2.10. The summed E-state index contributed by atoms with van der Waals surface area (Å²) in [7, 11) is -3.92. The first-order valence-corrected chi connectivity index (χ1v) is 9.72. The van der Waals surface area contributed by atoms with Crippen molar-refractivity contribution >= 4 is 15.9 Å². The Morgan fingerprint density at radius 1 is 0.926 bits per heavy atom. The van der Waals surface area contributed by atoms with Crippen molar-refractivity contribution in [2.75, 3.05) is 0 Å². The van der Waals surface area contributed by atoms with E-state index in [1.807, 2.05) is 30.3 Å². The van der Waals surface area contributed by atoms with Gasteiger partial charge in [-0.3, -0.25) is 9.78 Å². The zero-order valence-electron chi connectivity index (χ0n) is 14.4. The number of nitrogens with zero attached hydrogens (tertiary/aromatic N) is 1. The molecule has 0 saturated carbocycles. The topological polar surface area (TPSA) is 85.4 Å². The number of carbonyl (C=O) groups excluding carboxylic acids is 1. The average molecular weight is 382 g/mol. The summed E-state index contributed by atoms with van der Waals surface area (Å²) in [5.74, 6) is -0.717. The number of ether oxygens (including phenoxy) is 1. The summed E-state index contributed by atoms with van der Waals surface area (Å²) in [6, 6.07) is 20.4. The average Bonchev–Trinajstić information content (AvgIpc) is 2.69. The third-order valence-electron chi connectivity index (χ3n) is 3.72. The molecule has 3 aromatic rings. The van der Waals surface area contributed by atoms with E-state index >= 15 is 0 Å². The highest BCUT2D eigenvalue weighted by Gasteiger charge is 2.18. The minimum Gasteiger partial charge on any atom is -0.370 e. The zero-order chi connectivity index (χ0) is 19.1. The van der Waals surface area contributed by atoms with Crippen molar-refractivity contribution in [1.29, 1.82) is 0 Å². The van der Waals surface area contributed by atoms with Gasteiger partial charge in [-0.25, -0.2) is 13.1 Å². The van der Waals surface area contributed by atoms with Gasteiger partial charge >= 0.3 is 0 Å². The van der Waals surface area contributed by atoms with Gasteiger partial charge < -0.3 is 4.74 Å². The fraction of sp³-hybridized carbons (Fsp3) is 0.100. The van der Waals surface area contributed by atoms with Crippen LogP contribution in [-0.4, -0.2) is 19.3 Å². The number of nitrogens with one attached hydrogen (secondary N) is 1. The first-order valence-electron chi connectivity index (χ1n) is 8.23. The summed E-state index contributed by atoms with van der Waals surface area (Å²) in [6.45, 7) is 0.628. The molecule has 2 aromatic carbocycles. The van der Waals surface area contributed by atoms with Crippen LogP contribution in [-0.2, 0) is 28.0 Å². The van der Waals surface area contributed by atoms with Crippen molar-refractivity contribution in [2.24, 2.45) is 0 Å². The van der Waals surface area contributed by atoms with Crippen LogP contribution in [0.5, 0.6) is 0 Å². The molecular formula is C20H18N2O4S. The normalized spacial score (nSPS) is 11.1. The predicted molar refractivity (Wildman–Crippen MR) is 100 cm³/mol. The van der Waals surface area contributed by atoms with E-state index in [9.17, 15) is 13.2 Å². The van der Waals surface area contributed by atoms with Crippen LogP contribution in [0.25, 0.3) is 0 Å². The quantitative estimate of drug-likeness (QED) is 0.679. The van der Waals surface area contributed by atoms with Gasteiger partial charge in [-0.2, -0.15) is 0 Å². The summed E-state index contributed by atoms with van der Waals surface area (Å²) >= 11 is 0. The lowest BCUT2D eigenvalue weighted by atomic mass is 10.2. The molecule has 0 bridgehead atoms. The molecule has 1 heterocycles. The van der Waals surface area contributed by atoms with Crippen LogP contribution >= 0.6 is 0 Å². The molecule has 0 aliphatic rings. The van der Waals surface area contributed by atoms with Gasteiger partial charge in [0.1, 0.15) is 0 Å². The second kappa shape index (κ2) is 8.57. The van der Waals surface area contributed by atoms with Crippen molar-refractivity contribution < 1.29 is 17.9 Å². The van der Waals surface area contributed by atoms with Crippen LogP contribution in [0.3, 0.4) is 0 Å². The van der Waals surface area contributed by atoms with Gasteiger partial charge in [0.05, 0.1) is 23.8 Å². The number of sulfonamides is 1. The largest absolute Gasteiger partial charge is 0.370 e. The van der Waals surface area contributed by atoms with E-state index in [2.05, 4.69) is 9.71 Å². The smallest absolute Gasteiger partial charge is 0.265 e. The number of hydrogen-bond donors (Lipinski definition) is 1. The predicted octanol–water partition coefficient (Wildman–Crippen LogP) is 2.92. The fourth-order valence-corrected chi connectivity index (χ4v) is 3.38. The molecule has 7 heteroatoms. The maximum atomic E-state index is 12.3. The summed E-state index contributed by atoms with van der Waals surface area (Å²) < 4.78 is 32.2. The molecule has 0 aliphatic heterocycles.